The number of amides is 2. The number of benzene rings is 3. The zero-order valence-corrected chi connectivity index (χ0v) is 23.1. The van der Waals surface area contributed by atoms with Gasteiger partial charge in [-0.25, -0.2) is 21.6 Å². The number of nitrogens with zero attached hydrogens (tertiary/aromatic N) is 2. The van der Waals surface area contributed by atoms with E-state index in [9.17, 15) is 31.2 Å². The Labute approximate surface area is 232 Å². The van der Waals surface area contributed by atoms with Crippen LogP contribution in [0.25, 0.3) is 0 Å². The summed E-state index contributed by atoms with van der Waals surface area (Å²) in [6, 6.07) is 16.8. The number of hydrogen-bond donors (Lipinski definition) is 1. The first-order chi connectivity index (χ1) is 19.0. The second kappa shape index (κ2) is 14.0. The molecule has 0 aliphatic carbocycles. The first-order valence-corrected chi connectivity index (χ1v) is 14.6. The maximum Gasteiger partial charge on any atom is 0.243 e. The van der Waals surface area contributed by atoms with Crippen molar-refractivity contribution in [1.29, 1.82) is 0 Å². The van der Waals surface area contributed by atoms with Crippen LogP contribution in [0.15, 0.2) is 72.8 Å². The van der Waals surface area contributed by atoms with E-state index in [-0.39, 0.29) is 43.6 Å². The van der Waals surface area contributed by atoms with Crippen molar-refractivity contribution in [2.24, 2.45) is 0 Å². The average Bonchev–Trinajstić information content (AvgIpc) is 2.91. The number of carbonyl (C=O) groups excluding carboxylic acids is 2. The molecule has 1 atom stereocenters. The Morgan fingerprint density at radius 3 is 2.20 bits per heavy atom. The maximum atomic E-state index is 14.6. The van der Waals surface area contributed by atoms with Gasteiger partial charge in [-0.15, -0.1) is 0 Å². The normalized spacial score (nSPS) is 12.0. The van der Waals surface area contributed by atoms with Gasteiger partial charge in [0.15, 0.2) is 11.6 Å². The lowest BCUT2D eigenvalue weighted by Gasteiger charge is -2.32. The third kappa shape index (κ3) is 8.32. The van der Waals surface area contributed by atoms with E-state index < -0.39 is 45.3 Å². The van der Waals surface area contributed by atoms with Gasteiger partial charge in [-0.3, -0.25) is 13.9 Å². The van der Waals surface area contributed by atoms with E-state index in [4.69, 9.17) is 0 Å². The highest BCUT2D eigenvalue weighted by atomic mass is 32.2. The molecule has 3 aromatic carbocycles. The number of sulfonamides is 1. The van der Waals surface area contributed by atoms with Crippen LogP contribution in [0.1, 0.15) is 30.9 Å². The van der Waals surface area contributed by atoms with Gasteiger partial charge >= 0.3 is 0 Å². The largest absolute Gasteiger partial charge is 0.355 e. The smallest absolute Gasteiger partial charge is 0.243 e. The van der Waals surface area contributed by atoms with Crippen molar-refractivity contribution >= 4 is 27.5 Å². The van der Waals surface area contributed by atoms with Crippen LogP contribution in [0.4, 0.5) is 18.9 Å². The maximum absolute atomic E-state index is 14.6. The molecule has 40 heavy (non-hydrogen) atoms. The number of nitrogens with one attached hydrogen (secondary N) is 1. The van der Waals surface area contributed by atoms with E-state index in [1.807, 2.05) is 30.3 Å². The molecule has 3 aromatic rings. The van der Waals surface area contributed by atoms with Crippen LogP contribution >= 0.6 is 0 Å². The molecule has 0 unspecified atom stereocenters. The fraction of sp³-hybridized carbons (Fsp3) is 0.310. The minimum absolute atomic E-state index is 0.00608. The monoisotopic (exact) mass is 575 g/mol. The number of rotatable bonds is 13. The van der Waals surface area contributed by atoms with E-state index in [0.29, 0.717) is 6.54 Å². The Morgan fingerprint density at radius 2 is 1.57 bits per heavy atom. The molecule has 0 saturated heterocycles. The summed E-state index contributed by atoms with van der Waals surface area (Å²) in [7, 11) is -3.89. The van der Waals surface area contributed by atoms with Crippen molar-refractivity contribution in [3.05, 3.63) is 101 Å². The summed E-state index contributed by atoms with van der Waals surface area (Å²) in [5.41, 5.74) is 0.936. The predicted molar refractivity (Wildman–Crippen MR) is 147 cm³/mol. The van der Waals surface area contributed by atoms with Crippen molar-refractivity contribution in [2.45, 2.75) is 38.8 Å². The van der Waals surface area contributed by atoms with Crippen molar-refractivity contribution in [1.82, 2.24) is 10.2 Å². The minimum atomic E-state index is -3.89. The highest BCUT2D eigenvalue weighted by molar-refractivity contribution is 7.92. The Hall–Kier alpha value is -3.86. The molecule has 0 saturated carbocycles. The predicted octanol–water partition coefficient (Wildman–Crippen LogP) is 4.43. The summed E-state index contributed by atoms with van der Waals surface area (Å²) < 4.78 is 67.5. The van der Waals surface area contributed by atoms with Crippen LogP contribution in [0.5, 0.6) is 0 Å². The number of anilines is 1. The van der Waals surface area contributed by atoms with Crippen LogP contribution in [-0.2, 0) is 32.6 Å². The van der Waals surface area contributed by atoms with Gasteiger partial charge in [-0.05, 0) is 37.1 Å². The standard InChI is InChI=1S/C29H32F3N3O4S/c1-3-33-29(37)27(18-21-10-5-4-6-11-21)34(20-22-12-7-8-13-24(22)30)28(36)14-9-17-35(40(2,38)39)23-15-16-25(31)26(32)19-23/h4-8,10-13,15-16,19,27H,3,9,14,17-18,20H2,1-2H3,(H,33,37)/t27-/m1/s1. The highest BCUT2D eigenvalue weighted by Crippen LogP contribution is 2.22. The quantitative estimate of drug-likeness (QED) is 0.327. The number of likely N-dealkylation sites (N-methyl/N-ethyl adjacent to an activating group) is 1. The van der Waals surface area contributed by atoms with Crippen LogP contribution < -0.4 is 9.62 Å². The summed E-state index contributed by atoms with van der Waals surface area (Å²) in [5.74, 6) is -3.75. The van der Waals surface area contributed by atoms with Gasteiger partial charge in [0.25, 0.3) is 0 Å². The van der Waals surface area contributed by atoms with E-state index in [2.05, 4.69) is 5.32 Å². The molecule has 0 radical (unpaired) electrons. The van der Waals surface area contributed by atoms with E-state index in [1.54, 1.807) is 13.0 Å². The molecule has 0 aliphatic heterocycles. The van der Waals surface area contributed by atoms with Gasteiger partial charge in [-0.1, -0.05) is 48.5 Å². The lowest BCUT2D eigenvalue weighted by molar-refractivity contribution is -0.141. The molecule has 2 amide bonds. The van der Waals surface area contributed by atoms with Crippen molar-refractivity contribution < 1.29 is 31.2 Å². The van der Waals surface area contributed by atoms with Crippen LogP contribution in [0, 0.1) is 17.5 Å². The Bertz CT molecular complexity index is 1420. The topological polar surface area (TPSA) is 86.8 Å². The molecule has 0 aromatic heterocycles. The molecule has 0 fully saturated rings. The Kier molecular flexibility index (Phi) is 10.7. The zero-order chi connectivity index (χ0) is 29.3. The van der Waals surface area contributed by atoms with E-state index in [1.165, 1.54) is 23.1 Å². The molecule has 0 spiro atoms. The van der Waals surface area contributed by atoms with Crippen molar-refractivity contribution in [3.63, 3.8) is 0 Å². The van der Waals surface area contributed by atoms with Gasteiger partial charge in [0, 0.05) is 44.1 Å². The van der Waals surface area contributed by atoms with Gasteiger partial charge in [0.2, 0.25) is 21.8 Å². The van der Waals surface area contributed by atoms with Crippen LogP contribution in [-0.4, -0.2) is 50.5 Å². The number of carbonyl (C=O) groups is 2. The summed E-state index contributed by atoms with van der Waals surface area (Å²) in [6.07, 6.45) is 0.920. The molecule has 0 aliphatic rings. The Balaban J connectivity index is 1.87. The summed E-state index contributed by atoms with van der Waals surface area (Å²) in [5, 5.41) is 2.75. The second-order valence-corrected chi connectivity index (χ2v) is 11.2. The Morgan fingerprint density at radius 1 is 0.900 bits per heavy atom. The first-order valence-electron chi connectivity index (χ1n) is 12.8. The van der Waals surface area contributed by atoms with Gasteiger partial charge in [-0.2, -0.15) is 0 Å². The van der Waals surface area contributed by atoms with E-state index in [0.717, 1.165) is 34.3 Å². The molecular weight excluding hydrogens is 543 g/mol. The fourth-order valence-corrected chi connectivity index (χ4v) is 5.26. The van der Waals surface area contributed by atoms with E-state index >= 15 is 0 Å². The molecule has 0 bridgehead atoms. The van der Waals surface area contributed by atoms with Gasteiger partial charge < -0.3 is 10.2 Å². The van der Waals surface area contributed by atoms with Crippen LogP contribution in [0.2, 0.25) is 0 Å². The molecule has 214 valence electrons. The number of halogens is 3. The molecule has 11 heteroatoms. The SMILES string of the molecule is CCNC(=O)[C@@H](Cc1ccccc1)N(Cc1ccccc1F)C(=O)CCCN(c1ccc(F)c(F)c1)S(C)(=O)=O. The summed E-state index contributed by atoms with van der Waals surface area (Å²) in [6.45, 7) is 1.69. The summed E-state index contributed by atoms with van der Waals surface area (Å²) >= 11 is 0. The lowest BCUT2D eigenvalue weighted by atomic mass is 10.0. The van der Waals surface area contributed by atoms with Gasteiger partial charge in [0.05, 0.1) is 11.9 Å². The molecular formula is C29H32F3N3O4S. The minimum Gasteiger partial charge on any atom is -0.355 e. The molecule has 1 N–H and O–H groups in total. The van der Waals surface area contributed by atoms with Crippen molar-refractivity contribution in [3.8, 4) is 0 Å². The lowest BCUT2D eigenvalue weighted by Crippen LogP contribution is -2.50. The fourth-order valence-electron chi connectivity index (χ4n) is 4.30. The first kappa shape index (κ1) is 30.7. The third-order valence-electron chi connectivity index (χ3n) is 6.26. The third-order valence-corrected chi connectivity index (χ3v) is 7.46. The summed E-state index contributed by atoms with van der Waals surface area (Å²) in [4.78, 5) is 28.1. The highest BCUT2D eigenvalue weighted by Gasteiger charge is 2.31. The van der Waals surface area contributed by atoms with Gasteiger partial charge in [0.1, 0.15) is 11.9 Å². The van der Waals surface area contributed by atoms with Crippen LogP contribution in [0.3, 0.4) is 0 Å². The molecule has 0 heterocycles. The second-order valence-electron chi connectivity index (χ2n) is 9.25. The number of hydrogen-bond acceptors (Lipinski definition) is 4. The molecule has 7 nitrogen and oxygen atoms in total. The zero-order valence-electron chi connectivity index (χ0n) is 22.3. The van der Waals surface area contributed by atoms with Crippen molar-refractivity contribution in [2.75, 3.05) is 23.7 Å². The molecule has 3 rings (SSSR count). The average molecular weight is 576 g/mol.